The molecule has 7 nitrogen and oxygen atoms in total. The van der Waals surface area contributed by atoms with Gasteiger partial charge in [-0.05, 0) is 122 Å². The van der Waals surface area contributed by atoms with Crippen LogP contribution in [0.25, 0.3) is 78.3 Å². The summed E-state index contributed by atoms with van der Waals surface area (Å²) >= 11 is 0. The molecule has 10 rings (SSSR count). The van der Waals surface area contributed by atoms with Gasteiger partial charge in [-0.15, -0.1) is 0 Å². The summed E-state index contributed by atoms with van der Waals surface area (Å²) in [6, 6.07) is 64.7. The number of nitrogens with zero attached hydrogens (tertiary/aromatic N) is 3. The van der Waals surface area contributed by atoms with Gasteiger partial charge in [0.15, 0.2) is 5.79 Å². The second-order valence-corrected chi connectivity index (χ2v) is 18.8. The molecule has 0 amide bonds. The lowest BCUT2D eigenvalue weighted by molar-refractivity contribution is -0.183. The molecule has 7 aromatic carbocycles. The first-order valence-corrected chi connectivity index (χ1v) is 24.1. The van der Waals surface area contributed by atoms with Gasteiger partial charge in [-0.3, -0.25) is 15.0 Å². The lowest BCUT2D eigenvalue weighted by atomic mass is 9.45. The van der Waals surface area contributed by atoms with E-state index in [1.807, 2.05) is 140 Å². The Morgan fingerprint density at radius 1 is 0.324 bits per heavy atom. The molecule has 74 heavy (non-hydrogen) atoms. The molecule has 3 aromatic heterocycles. The van der Waals surface area contributed by atoms with Gasteiger partial charge in [0.25, 0.3) is 0 Å². The van der Waals surface area contributed by atoms with Crippen molar-refractivity contribution in [3.63, 3.8) is 0 Å². The first kappa shape index (κ1) is 49.7. The number of aliphatic hydroxyl groups is 4. The molecule has 2 atom stereocenters. The highest BCUT2D eigenvalue weighted by Crippen LogP contribution is 2.46. The third-order valence-electron chi connectivity index (χ3n) is 14.0. The van der Waals surface area contributed by atoms with Crippen LogP contribution >= 0.6 is 0 Å². The van der Waals surface area contributed by atoms with E-state index in [-0.39, 0.29) is 22.3 Å². The van der Waals surface area contributed by atoms with E-state index in [1.54, 1.807) is 32.0 Å². The van der Waals surface area contributed by atoms with Crippen LogP contribution in [-0.4, -0.2) is 66.8 Å². The number of benzene rings is 7. The molecule has 11 heteroatoms. The monoisotopic (exact) mass is 953 g/mol. The van der Waals surface area contributed by atoms with Crippen LogP contribution in [0.3, 0.4) is 0 Å². The van der Waals surface area contributed by atoms with Gasteiger partial charge in [0, 0.05) is 46.4 Å². The fraction of sp³-hybridized carbons (Fsp3) is 0.0952. The molecule has 2 unspecified atom stereocenters. The molecular weight excluding hydrogens is 906 g/mol. The number of pyridine rings is 3. The maximum atomic E-state index is 12.7. The second-order valence-electron chi connectivity index (χ2n) is 18.8. The standard InChI is InChI=1S/C63H47B4N3O4/c1-40-31-57(45-19-9-4-10-20-45)69-38-55(40)60(64,65)63(73,74)50-34-48(33-49(35-50)61(66,71)62(67,72)56-39-70-58(32-41(56)2)46-21-11-5-12-22-46)51-25-15-16-26-52(51)54-37-68-59(47-23-13-6-14-24-47)36-53(54)44-29-27-43(28-30-44)42-17-7-3-8-18-42/h3-39,71-74H,1-2H3. The Kier molecular flexibility index (Phi) is 13.3. The molecular formula is C63H47B4N3O4. The Bertz CT molecular complexity index is 3500. The molecule has 0 bridgehead atoms. The highest BCUT2D eigenvalue weighted by atomic mass is 16.5. The van der Waals surface area contributed by atoms with Crippen molar-refractivity contribution in [1.29, 1.82) is 0 Å². The molecule has 0 aliphatic rings. The number of rotatable bonds is 13. The van der Waals surface area contributed by atoms with E-state index in [0.717, 1.165) is 50.2 Å². The van der Waals surface area contributed by atoms with Crippen LogP contribution in [0.2, 0.25) is 0 Å². The molecule has 0 aliphatic heterocycles. The lowest BCUT2D eigenvalue weighted by Crippen LogP contribution is -2.52. The van der Waals surface area contributed by atoms with Crippen LogP contribution in [-0.2, 0) is 22.0 Å². The fourth-order valence-corrected chi connectivity index (χ4v) is 9.65. The SMILES string of the molecule is [B]C([B])(c1cnc(-c2ccccc2)cc1C)C(O)(O)c1cc(-c2ccccc2-c2cnc(-c3ccccc3)cc2-c2ccc(-c3ccccc3)cc2)cc(C([B])(O)C([B])(O)c2cnc(-c3ccccc3)cc2C)c1. The van der Waals surface area contributed by atoms with Gasteiger partial charge in [0.05, 0.1) is 43.8 Å². The van der Waals surface area contributed by atoms with Gasteiger partial charge in [-0.1, -0.05) is 170 Å². The number of hydrogen-bond acceptors (Lipinski definition) is 7. The first-order chi connectivity index (χ1) is 35.5. The van der Waals surface area contributed by atoms with E-state index in [0.29, 0.717) is 39.2 Å². The minimum Gasteiger partial charge on any atom is -0.393 e. The Balaban J connectivity index is 1.15. The number of aromatic nitrogens is 3. The zero-order chi connectivity index (χ0) is 51.8. The summed E-state index contributed by atoms with van der Waals surface area (Å²) < 4.78 is 0. The first-order valence-electron chi connectivity index (χ1n) is 24.1. The van der Waals surface area contributed by atoms with Crippen molar-refractivity contribution >= 4 is 31.4 Å². The summed E-state index contributed by atoms with van der Waals surface area (Å²) in [5.41, 5.74) is 5.92. The summed E-state index contributed by atoms with van der Waals surface area (Å²) in [5.74, 6) is -3.10. The molecule has 8 radical (unpaired) electrons. The molecule has 350 valence electrons. The Morgan fingerprint density at radius 3 is 1.24 bits per heavy atom. The van der Waals surface area contributed by atoms with Crippen molar-refractivity contribution in [1.82, 2.24) is 15.0 Å². The Morgan fingerprint density at radius 2 is 0.730 bits per heavy atom. The number of aryl methyl sites for hydroxylation is 2. The van der Waals surface area contributed by atoms with Crippen LogP contribution in [0.5, 0.6) is 0 Å². The van der Waals surface area contributed by atoms with Gasteiger partial charge in [0.1, 0.15) is 15.7 Å². The van der Waals surface area contributed by atoms with Crippen molar-refractivity contribution < 1.29 is 20.4 Å². The highest BCUT2D eigenvalue weighted by Gasteiger charge is 2.48. The summed E-state index contributed by atoms with van der Waals surface area (Å²) in [7, 11) is 27.6. The highest BCUT2D eigenvalue weighted by molar-refractivity contribution is 6.41. The third kappa shape index (κ3) is 9.25. The van der Waals surface area contributed by atoms with Crippen LogP contribution in [0, 0.1) is 13.8 Å². The van der Waals surface area contributed by atoms with Crippen LogP contribution in [0.1, 0.15) is 33.4 Å². The molecule has 0 aliphatic carbocycles. The summed E-state index contributed by atoms with van der Waals surface area (Å²) in [6.45, 7) is 3.48. The molecule has 10 aromatic rings. The zero-order valence-corrected chi connectivity index (χ0v) is 40.8. The van der Waals surface area contributed by atoms with Crippen molar-refractivity contribution in [3.8, 4) is 78.3 Å². The van der Waals surface area contributed by atoms with Crippen molar-refractivity contribution in [2.75, 3.05) is 0 Å². The van der Waals surface area contributed by atoms with Crippen LogP contribution in [0.4, 0.5) is 0 Å². The average molecular weight is 953 g/mol. The molecule has 0 spiro atoms. The summed E-state index contributed by atoms with van der Waals surface area (Å²) in [5, 5.41) is 47.9. The van der Waals surface area contributed by atoms with Crippen molar-refractivity contribution in [2.45, 2.75) is 35.8 Å². The molecule has 0 fully saturated rings. The predicted molar refractivity (Wildman–Crippen MR) is 299 cm³/mol. The maximum absolute atomic E-state index is 12.7. The van der Waals surface area contributed by atoms with Crippen molar-refractivity contribution in [3.05, 3.63) is 258 Å². The lowest BCUT2D eigenvalue weighted by Gasteiger charge is -2.44. The summed E-state index contributed by atoms with van der Waals surface area (Å²) in [4.78, 5) is 14.2. The maximum Gasteiger partial charge on any atom is 0.183 e. The van der Waals surface area contributed by atoms with Crippen molar-refractivity contribution in [2.24, 2.45) is 0 Å². The third-order valence-corrected chi connectivity index (χ3v) is 14.0. The predicted octanol–water partition coefficient (Wildman–Crippen LogP) is 10.8. The number of hydrogen-bond donors (Lipinski definition) is 4. The normalized spacial score (nSPS) is 13.4. The van der Waals surface area contributed by atoms with E-state index in [9.17, 15) is 20.4 Å². The molecule has 0 saturated heterocycles. The second kappa shape index (κ2) is 19.8. The average Bonchev–Trinajstić information content (AvgIpc) is 3.44. The van der Waals surface area contributed by atoms with E-state index >= 15 is 0 Å². The quantitative estimate of drug-likeness (QED) is 0.0671. The van der Waals surface area contributed by atoms with Crippen LogP contribution in [0.15, 0.2) is 225 Å². The Labute approximate surface area is 437 Å². The van der Waals surface area contributed by atoms with Gasteiger partial charge >= 0.3 is 0 Å². The van der Waals surface area contributed by atoms with Gasteiger partial charge < -0.3 is 20.4 Å². The van der Waals surface area contributed by atoms with E-state index < -0.39 is 22.0 Å². The summed E-state index contributed by atoms with van der Waals surface area (Å²) in [6.07, 6.45) is 4.62. The van der Waals surface area contributed by atoms with E-state index in [4.69, 9.17) is 36.4 Å². The largest absolute Gasteiger partial charge is 0.393 e. The zero-order valence-electron chi connectivity index (χ0n) is 40.8. The van der Waals surface area contributed by atoms with E-state index in [1.165, 1.54) is 24.5 Å². The smallest absolute Gasteiger partial charge is 0.183 e. The topological polar surface area (TPSA) is 120 Å². The molecule has 3 heterocycles. The Hall–Kier alpha value is -7.91. The van der Waals surface area contributed by atoms with Gasteiger partial charge in [-0.2, -0.15) is 0 Å². The minimum absolute atomic E-state index is 0.0218. The fourth-order valence-electron chi connectivity index (χ4n) is 9.65. The van der Waals surface area contributed by atoms with Gasteiger partial charge in [0.2, 0.25) is 0 Å². The van der Waals surface area contributed by atoms with Gasteiger partial charge in [-0.25, -0.2) is 0 Å². The van der Waals surface area contributed by atoms with Crippen LogP contribution < -0.4 is 0 Å². The minimum atomic E-state index is -3.10. The van der Waals surface area contributed by atoms with E-state index in [2.05, 4.69) is 52.4 Å². The molecule has 4 N–H and O–H groups in total. The molecule has 0 saturated carbocycles.